The van der Waals surface area contributed by atoms with Crippen molar-refractivity contribution in [2.75, 3.05) is 25.1 Å². The van der Waals surface area contributed by atoms with E-state index in [0.29, 0.717) is 13.2 Å². The third-order valence-electron chi connectivity index (χ3n) is 3.87. The number of para-hydroxylation sites is 1. The highest BCUT2D eigenvalue weighted by Crippen LogP contribution is 2.29. The molecule has 5 heteroatoms. The van der Waals surface area contributed by atoms with Gasteiger partial charge in [-0.1, -0.05) is 52.3 Å². The second-order valence-electron chi connectivity index (χ2n) is 7.19. The Hall–Kier alpha value is -2.32. The standard InChI is InChI=1S/C21H31N3O2/c1-5-6-13-26-14-9-12-23-20(25)17(15-22)16-24-19-11-8-7-10-18(19)21(2,3)4/h7-8,10-11,16,24H,5-6,9,12-14H2,1-4H3,(H,23,25)/b17-16-. The van der Waals surface area contributed by atoms with Gasteiger partial charge < -0.3 is 15.4 Å². The Kier molecular flexibility index (Phi) is 9.46. The van der Waals surface area contributed by atoms with Crippen LogP contribution < -0.4 is 10.6 Å². The average molecular weight is 357 g/mol. The van der Waals surface area contributed by atoms with Gasteiger partial charge in [-0.25, -0.2) is 0 Å². The lowest BCUT2D eigenvalue weighted by molar-refractivity contribution is -0.117. The fourth-order valence-electron chi connectivity index (χ4n) is 2.38. The fraction of sp³-hybridized carbons (Fsp3) is 0.524. The minimum Gasteiger partial charge on any atom is -0.381 e. The minimum atomic E-state index is -0.373. The number of nitrogens with one attached hydrogen (secondary N) is 2. The zero-order valence-corrected chi connectivity index (χ0v) is 16.4. The Labute approximate surface area is 157 Å². The lowest BCUT2D eigenvalue weighted by Crippen LogP contribution is -2.27. The predicted octanol–water partition coefficient (Wildman–Crippen LogP) is 4.13. The number of ether oxygens (including phenoxy) is 1. The molecule has 5 nitrogen and oxygen atoms in total. The molecule has 0 bridgehead atoms. The van der Waals surface area contributed by atoms with Gasteiger partial charge in [0.2, 0.25) is 0 Å². The Balaban J connectivity index is 2.56. The summed E-state index contributed by atoms with van der Waals surface area (Å²) in [7, 11) is 0. The van der Waals surface area contributed by atoms with E-state index >= 15 is 0 Å². The molecule has 0 heterocycles. The summed E-state index contributed by atoms with van der Waals surface area (Å²) in [6.07, 6.45) is 4.36. The number of rotatable bonds is 10. The molecule has 0 spiro atoms. The monoisotopic (exact) mass is 357 g/mol. The van der Waals surface area contributed by atoms with E-state index in [-0.39, 0.29) is 16.9 Å². The molecule has 0 fully saturated rings. The lowest BCUT2D eigenvalue weighted by Gasteiger charge is -2.22. The summed E-state index contributed by atoms with van der Waals surface area (Å²) in [5.74, 6) is -0.373. The molecule has 1 aromatic rings. The van der Waals surface area contributed by atoms with Crippen molar-refractivity contribution in [1.82, 2.24) is 5.32 Å². The van der Waals surface area contributed by atoms with Gasteiger partial charge in [0.05, 0.1) is 0 Å². The normalized spacial score (nSPS) is 11.7. The number of anilines is 1. The van der Waals surface area contributed by atoms with Crippen molar-refractivity contribution in [3.8, 4) is 6.07 Å². The third-order valence-corrected chi connectivity index (χ3v) is 3.87. The van der Waals surface area contributed by atoms with Gasteiger partial charge in [-0.15, -0.1) is 0 Å². The van der Waals surface area contributed by atoms with Crippen LogP contribution in [0.4, 0.5) is 5.69 Å². The van der Waals surface area contributed by atoms with E-state index in [2.05, 4.69) is 38.3 Å². The van der Waals surface area contributed by atoms with Crippen LogP contribution in [0.5, 0.6) is 0 Å². The average Bonchev–Trinajstić information content (AvgIpc) is 2.61. The fourth-order valence-corrected chi connectivity index (χ4v) is 2.38. The maximum atomic E-state index is 12.1. The number of carbonyl (C=O) groups is 1. The van der Waals surface area contributed by atoms with Gasteiger partial charge in [-0.2, -0.15) is 5.26 Å². The van der Waals surface area contributed by atoms with Crippen molar-refractivity contribution in [2.45, 2.75) is 52.4 Å². The van der Waals surface area contributed by atoms with E-state index < -0.39 is 0 Å². The zero-order valence-electron chi connectivity index (χ0n) is 16.4. The Morgan fingerprint density at radius 2 is 1.92 bits per heavy atom. The van der Waals surface area contributed by atoms with Gasteiger partial charge in [-0.3, -0.25) is 4.79 Å². The number of nitriles is 1. The highest BCUT2D eigenvalue weighted by Gasteiger charge is 2.17. The van der Waals surface area contributed by atoms with Crippen molar-refractivity contribution < 1.29 is 9.53 Å². The smallest absolute Gasteiger partial charge is 0.263 e. The van der Waals surface area contributed by atoms with Gasteiger partial charge >= 0.3 is 0 Å². The molecule has 0 saturated heterocycles. The van der Waals surface area contributed by atoms with E-state index in [1.54, 1.807) is 0 Å². The largest absolute Gasteiger partial charge is 0.381 e. The molecule has 1 rings (SSSR count). The van der Waals surface area contributed by atoms with Crippen LogP contribution in [-0.4, -0.2) is 25.7 Å². The zero-order chi connectivity index (χ0) is 19.4. The molecule has 0 aliphatic carbocycles. The first-order valence-corrected chi connectivity index (χ1v) is 9.22. The summed E-state index contributed by atoms with van der Waals surface area (Å²) in [6, 6.07) is 9.85. The first-order valence-electron chi connectivity index (χ1n) is 9.22. The Morgan fingerprint density at radius 3 is 2.58 bits per heavy atom. The molecule has 2 N–H and O–H groups in total. The molecule has 26 heavy (non-hydrogen) atoms. The SMILES string of the molecule is CCCCOCCCNC(=O)/C(C#N)=C\Nc1ccccc1C(C)(C)C. The van der Waals surface area contributed by atoms with E-state index in [9.17, 15) is 10.1 Å². The maximum Gasteiger partial charge on any atom is 0.263 e. The van der Waals surface area contributed by atoms with Crippen molar-refractivity contribution in [3.63, 3.8) is 0 Å². The number of hydrogen-bond donors (Lipinski definition) is 2. The van der Waals surface area contributed by atoms with E-state index in [1.165, 1.54) is 6.20 Å². The van der Waals surface area contributed by atoms with E-state index in [1.807, 2.05) is 30.3 Å². The number of unbranched alkanes of at least 4 members (excludes halogenated alkanes) is 1. The van der Waals surface area contributed by atoms with Crippen molar-refractivity contribution in [2.24, 2.45) is 0 Å². The maximum absolute atomic E-state index is 12.1. The van der Waals surface area contributed by atoms with Crippen LogP contribution in [-0.2, 0) is 14.9 Å². The van der Waals surface area contributed by atoms with Crippen LogP contribution in [0.2, 0.25) is 0 Å². The highest BCUT2D eigenvalue weighted by atomic mass is 16.5. The number of hydrogen-bond acceptors (Lipinski definition) is 4. The number of amides is 1. The van der Waals surface area contributed by atoms with Crippen molar-refractivity contribution in [3.05, 3.63) is 41.6 Å². The lowest BCUT2D eigenvalue weighted by atomic mass is 9.86. The topological polar surface area (TPSA) is 74.1 Å². The molecule has 0 radical (unpaired) electrons. The summed E-state index contributed by atoms with van der Waals surface area (Å²) >= 11 is 0. The molecule has 0 atom stereocenters. The molecule has 0 unspecified atom stereocenters. The minimum absolute atomic E-state index is 0.0374. The summed E-state index contributed by atoms with van der Waals surface area (Å²) in [4.78, 5) is 12.1. The van der Waals surface area contributed by atoms with Gasteiger partial charge in [0.25, 0.3) is 5.91 Å². The van der Waals surface area contributed by atoms with Crippen LogP contribution in [0, 0.1) is 11.3 Å². The second-order valence-corrected chi connectivity index (χ2v) is 7.19. The van der Waals surface area contributed by atoms with Crippen molar-refractivity contribution >= 4 is 11.6 Å². The molecule has 142 valence electrons. The predicted molar refractivity (Wildman–Crippen MR) is 106 cm³/mol. The summed E-state index contributed by atoms with van der Waals surface area (Å²) in [5.41, 5.74) is 2.04. The molecule has 1 amide bonds. The quantitative estimate of drug-likeness (QED) is 0.375. The molecule has 0 aliphatic heterocycles. The van der Waals surface area contributed by atoms with Gasteiger partial charge in [-0.05, 0) is 29.9 Å². The van der Waals surface area contributed by atoms with Crippen LogP contribution in [0.1, 0.15) is 52.5 Å². The molecule has 0 aromatic heterocycles. The van der Waals surface area contributed by atoms with Gasteiger partial charge in [0, 0.05) is 31.6 Å². The molecular weight excluding hydrogens is 326 g/mol. The highest BCUT2D eigenvalue weighted by molar-refractivity contribution is 5.97. The molecular formula is C21H31N3O2. The van der Waals surface area contributed by atoms with Crippen molar-refractivity contribution in [1.29, 1.82) is 5.26 Å². The molecule has 1 aromatic carbocycles. The van der Waals surface area contributed by atoms with E-state index in [4.69, 9.17) is 4.74 Å². The van der Waals surface area contributed by atoms with Crippen LogP contribution in [0.3, 0.4) is 0 Å². The van der Waals surface area contributed by atoms with Gasteiger partial charge in [0.15, 0.2) is 0 Å². The summed E-state index contributed by atoms with van der Waals surface area (Å²) in [5, 5.41) is 15.1. The number of carbonyl (C=O) groups excluding carboxylic acids is 1. The number of benzene rings is 1. The Morgan fingerprint density at radius 1 is 1.23 bits per heavy atom. The first-order chi connectivity index (χ1) is 12.4. The summed E-state index contributed by atoms with van der Waals surface area (Å²) < 4.78 is 5.45. The first kappa shape index (κ1) is 21.7. The van der Waals surface area contributed by atoms with Crippen LogP contribution >= 0.6 is 0 Å². The van der Waals surface area contributed by atoms with Gasteiger partial charge in [0.1, 0.15) is 11.6 Å². The summed E-state index contributed by atoms with van der Waals surface area (Å²) in [6.45, 7) is 10.3. The Bertz CT molecular complexity index is 639. The van der Waals surface area contributed by atoms with Crippen LogP contribution in [0.15, 0.2) is 36.0 Å². The molecule has 0 saturated carbocycles. The second kappa shape index (κ2) is 11.3. The number of nitrogens with zero attached hydrogens (tertiary/aromatic N) is 1. The van der Waals surface area contributed by atoms with E-state index in [0.717, 1.165) is 37.1 Å². The molecule has 0 aliphatic rings. The van der Waals surface area contributed by atoms with Crippen LogP contribution in [0.25, 0.3) is 0 Å². The third kappa shape index (κ3) is 7.71.